The number of hydrogen-bond acceptors (Lipinski definition) is 4. The SMILES string of the molecule is NCC(=O)N[C@@]1(C2CCOCC2)CCNC1. The summed E-state index contributed by atoms with van der Waals surface area (Å²) in [6, 6.07) is 0. The second kappa shape index (κ2) is 5.12. The molecule has 0 aliphatic carbocycles. The largest absolute Gasteiger partial charge is 0.381 e. The lowest BCUT2D eigenvalue weighted by Gasteiger charge is -2.39. The molecule has 0 bridgehead atoms. The molecule has 0 aromatic heterocycles. The van der Waals surface area contributed by atoms with Gasteiger partial charge in [0.2, 0.25) is 5.91 Å². The van der Waals surface area contributed by atoms with Gasteiger partial charge < -0.3 is 21.1 Å². The van der Waals surface area contributed by atoms with E-state index in [9.17, 15) is 4.79 Å². The van der Waals surface area contributed by atoms with Gasteiger partial charge in [0.1, 0.15) is 0 Å². The Labute approximate surface area is 96.1 Å². The van der Waals surface area contributed by atoms with Crippen LogP contribution in [0.4, 0.5) is 0 Å². The van der Waals surface area contributed by atoms with Crippen molar-refractivity contribution >= 4 is 5.91 Å². The number of rotatable bonds is 3. The summed E-state index contributed by atoms with van der Waals surface area (Å²) in [4.78, 5) is 11.5. The first-order chi connectivity index (χ1) is 7.77. The Kier molecular flexibility index (Phi) is 3.78. The fourth-order valence-electron chi connectivity index (χ4n) is 2.85. The molecule has 2 saturated heterocycles. The first-order valence-electron chi connectivity index (χ1n) is 6.06. The minimum Gasteiger partial charge on any atom is -0.381 e. The molecule has 5 heteroatoms. The molecule has 1 amide bonds. The van der Waals surface area contributed by atoms with Crippen molar-refractivity contribution in [2.45, 2.75) is 24.8 Å². The molecule has 0 radical (unpaired) electrons. The molecule has 2 fully saturated rings. The van der Waals surface area contributed by atoms with Gasteiger partial charge in [-0.05, 0) is 31.7 Å². The van der Waals surface area contributed by atoms with Gasteiger partial charge in [-0.2, -0.15) is 0 Å². The summed E-state index contributed by atoms with van der Waals surface area (Å²) in [5, 5.41) is 6.47. The molecule has 16 heavy (non-hydrogen) atoms. The first kappa shape index (κ1) is 11.8. The van der Waals surface area contributed by atoms with Gasteiger partial charge in [0.25, 0.3) is 0 Å². The van der Waals surface area contributed by atoms with Crippen molar-refractivity contribution in [2.75, 3.05) is 32.8 Å². The molecule has 5 nitrogen and oxygen atoms in total. The molecule has 0 aromatic carbocycles. The van der Waals surface area contributed by atoms with Crippen LogP contribution in [-0.2, 0) is 9.53 Å². The van der Waals surface area contributed by atoms with E-state index in [2.05, 4.69) is 10.6 Å². The van der Waals surface area contributed by atoms with Crippen LogP contribution in [0.3, 0.4) is 0 Å². The molecule has 2 aliphatic heterocycles. The minimum atomic E-state index is -0.0831. The third kappa shape index (κ3) is 2.36. The van der Waals surface area contributed by atoms with Crippen molar-refractivity contribution in [1.82, 2.24) is 10.6 Å². The quantitative estimate of drug-likeness (QED) is 0.591. The number of nitrogens with one attached hydrogen (secondary N) is 2. The van der Waals surface area contributed by atoms with E-state index in [1.807, 2.05) is 0 Å². The number of hydrogen-bond donors (Lipinski definition) is 3. The predicted octanol–water partition coefficient (Wildman–Crippen LogP) is -0.780. The van der Waals surface area contributed by atoms with Gasteiger partial charge in [0, 0.05) is 19.8 Å². The number of ether oxygens (including phenoxy) is 1. The van der Waals surface area contributed by atoms with Crippen LogP contribution in [-0.4, -0.2) is 44.3 Å². The maximum absolute atomic E-state index is 11.5. The normalized spacial score (nSPS) is 31.6. The highest BCUT2D eigenvalue weighted by Gasteiger charge is 2.42. The van der Waals surface area contributed by atoms with Crippen LogP contribution in [0.1, 0.15) is 19.3 Å². The highest BCUT2D eigenvalue weighted by molar-refractivity contribution is 5.78. The van der Waals surface area contributed by atoms with Crippen molar-refractivity contribution in [3.05, 3.63) is 0 Å². The molecule has 0 saturated carbocycles. The molecule has 0 spiro atoms. The molecule has 4 N–H and O–H groups in total. The maximum atomic E-state index is 11.5. The minimum absolute atomic E-state index is 0.0461. The third-order valence-corrected chi connectivity index (χ3v) is 3.76. The standard InChI is InChI=1S/C11H21N3O2/c12-7-10(15)14-11(3-4-13-8-11)9-1-5-16-6-2-9/h9,13H,1-8,12H2,(H,14,15)/t11-/m0/s1. The van der Waals surface area contributed by atoms with E-state index in [-0.39, 0.29) is 18.0 Å². The van der Waals surface area contributed by atoms with Crippen molar-refractivity contribution in [3.63, 3.8) is 0 Å². The van der Waals surface area contributed by atoms with Crippen LogP contribution in [0.2, 0.25) is 0 Å². The van der Waals surface area contributed by atoms with E-state index in [1.54, 1.807) is 0 Å². The van der Waals surface area contributed by atoms with Crippen molar-refractivity contribution < 1.29 is 9.53 Å². The monoisotopic (exact) mass is 227 g/mol. The van der Waals surface area contributed by atoms with Crippen LogP contribution in [0.25, 0.3) is 0 Å². The maximum Gasteiger partial charge on any atom is 0.234 e. The van der Waals surface area contributed by atoms with Crippen LogP contribution in [0.5, 0.6) is 0 Å². The highest BCUT2D eigenvalue weighted by atomic mass is 16.5. The zero-order chi connectivity index (χ0) is 11.4. The van der Waals surface area contributed by atoms with Gasteiger partial charge in [0.15, 0.2) is 0 Å². The molecule has 0 unspecified atom stereocenters. The second-order valence-corrected chi connectivity index (χ2v) is 4.72. The number of amides is 1. The van der Waals surface area contributed by atoms with E-state index in [0.717, 1.165) is 45.6 Å². The Morgan fingerprint density at radius 3 is 2.81 bits per heavy atom. The lowest BCUT2D eigenvalue weighted by atomic mass is 9.78. The summed E-state index contributed by atoms with van der Waals surface area (Å²) >= 11 is 0. The summed E-state index contributed by atoms with van der Waals surface area (Å²) in [6.45, 7) is 3.53. The summed E-state index contributed by atoms with van der Waals surface area (Å²) < 4.78 is 5.38. The second-order valence-electron chi connectivity index (χ2n) is 4.72. The Bertz CT molecular complexity index is 246. The summed E-state index contributed by atoms with van der Waals surface area (Å²) in [6.07, 6.45) is 3.07. The molecule has 92 valence electrons. The summed E-state index contributed by atoms with van der Waals surface area (Å²) in [5.41, 5.74) is 5.30. The summed E-state index contributed by atoms with van der Waals surface area (Å²) in [7, 11) is 0. The lowest BCUT2D eigenvalue weighted by molar-refractivity contribution is -0.122. The van der Waals surface area contributed by atoms with E-state index in [0.29, 0.717) is 5.92 Å². The summed E-state index contributed by atoms with van der Waals surface area (Å²) in [5.74, 6) is 0.474. The fraction of sp³-hybridized carbons (Fsp3) is 0.909. The van der Waals surface area contributed by atoms with Crippen molar-refractivity contribution in [2.24, 2.45) is 11.7 Å². The van der Waals surface area contributed by atoms with Gasteiger partial charge in [-0.1, -0.05) is 0 Å². The first-order valence-corrected chi connectivity index (χ1v) is 6.06. The Balaban J connectivity index is 2.04. The Hall–Kier alpha value is -0.650. The zero-order valence-corrected chi connectivity index (χ0v) is 9.63. The Morgan fingerprint density at radius 1 is 1.50 bits per heavy atom. The molecule has 2 aliphatic rings. The van der Waals surface area contributed by atoms with Gasteiger partial charge in [0.05, 0.1) is 12.1 Å². The number of carbonyl (C=O) groups is 1. The van der Waals surface area contributed by atoms with E-state index in [1.165, 1.54) is 0 Å². The fourth-order valence-corrected chi connectivity index (χ4v) is 2.85. The highest BCUT2D eigenvalue weighted by Crippen LogP contribution is 2.32. The van der Waals surface area contributed by atoms with E-state index < -0.39 is 0 Å². The van der Waals surface area contributed by atoms with Gasteiger partial charge in [-0.25, -0.2) is 0 Å². The number of nitrogens with two attached hydrogens (primary N) is 1. The van der Waals surface area contributed by atoms with Crippen molar-refractivity contribution in [3.8, 4) is 0 Å². The molecular formula is C11H21N3O2. The van der Waals surface area contributed by atoms with Crippen LogP contribution in [0.15, 0.2) is 0 Å². The number of carbonyl (C=O) groups excluding carboxylic acids is 1. The van der Waals surface area contributed by atoms with Gasteiger partial charge in [-0.15, -0.1) is 0 Å². The van der Waals surface area contributed by atoms with Crippen LogP contribution in [0, 0.1) is 5.92 Å². The lowest BCUT2D eigenvalue weighted by Crippen LogP contribution is -2.57. The van der Waals surface area contributed by atoms with Gasteiger partial charge in [-0.3, -0.25) is 4.79 Å². The Morgan fingerprint density at radius 2 is 2.25 bits per heavy atom. The molecule has 1 atom stereocenters. The average molecular weight is 227 g/mol. The molecule has 2 rings (SSSR count). The zero-order valence-electron chi connectivity index (χ0n) is 9.63. The molecular weight excluding hydrogens is 206 g/mol. The smallest absolute Gasteiger partial charge is 0.234 e. The van der Waals surface area contributed by atoms with Crippen molar-refractivity contribution in [1.29, 1.82) is 0 Å². The van der Waals surface area contributed by atoms with Gasteiger partial charge >= 0.3 is 0 Å². The molecule has 0 aromatic rings. The van der Waals surface area contributed by atoms with Crippen LogP contribution >= 0.6 is 0 Å². The van der Waals surface area contributed by atoms with E-state index >= 15 is 0 Å². The molecule has 2 heterocycles. The third-order valence-electron chi connectivity index (χ3n) is 3.76. The van der Waals surface area contributed by atoms with E-state index in [4.69, 9.17) is 10.5 Å². The van der Waals surface area contributed by atoms with Crippen LogP contribution < -0.4 is 16.4 Å². The topological polar surface area (TPSA) is 76.4 Å². The predicted molar refractivity (Wildman–Crippen MR) is 61.0 cm³/mol. The average Bonchev–Trinajstić information content (AvgIpc) is 2.80.